The van der Waals surface area contributed by atoms with E-state index in [9.17, 15) is 0 Å². The lowest BCUT2D eigenvalue weighted by Gasteiger charge is -2.19. The highest BCUT2D eigenvalue weighted by atomic mass is 35.5. The Morgan fingerprint density at radius 2 is 1.76 bits per heavy atom. The fourth-order valence-electron chi connectivity index (χ4n) is 2.34. The van der Waals surface area contributed by atoms with E-state index in [1.54, 1.807) is 0 Å². The van der Waals surface area contributed by atoms with Gasteiger partial charge in [0.15, 0.2) is 16.6 Å². The van der Waals surface area contributed by atoms with Gasteiger partial charge in [-0.25, -0.2) is 0 Å². The van der Waals surface area contributed by atoms with Gasteiger partial charge >= 0.3 is 0 Å². The average Bonchev–Trinajstić information content (AvgIpc) is 2.59. The molecule has 2 aromatic carbocycles. The van der Waals surface area contributed by atoms with Crippen LogP contribution in [0.3, 0.4) is 0 Å². The van der Waals surface area contributed by atoms with Crippen molar-refractivity contribution in [2.75, 3.05) is 18.5 Å². The highest BCUT2D eigenvalue weighted by Gasteiger charge is 2.12. The molecular formula is C19H23ClN2O2S. The van der Waals surface area contributed by atoms with Gasteiger partial charge in [0.2, 0.25) is 0 Å². The monoisotopic (exact) mass is 378 g/mol. The highest BCUT2D eigenvalue weighted by molar-refractivity contribution is 7.80. The lowest BCUT2D eigenvalue weighted by Crippen LogP contribution is -2.31. The van der Waals surface area contributed by atoms with Crippen molar-refractivity contribution < 1.29 is 9.47 Å². The molecule has 4 nitrogen and oxygen atoms in total. The van der Waals surface area contributed by atoms with Crippen molar-refractivity contribution in [1.82, 2.24) is 5.32 Å². The van der Waals surface area contributed by atoms with Crippen molar-refractivity contribution in [3.05, 3.63) is 53.1 Å². The average molecular weight is 379 g/mol. The van der Waals surface area contributed by atoms with Gasteiger partial charge in [0.05, 0.1) is 30.0 Å². The van der Waals surface area contributed by atoms with Gasteiger partial charge in [-0.3, -0.25) is 0 Å². The molecule has 6 heteroatoms. The molecule has 0 aliphatic rings. The molecule has 2 rings (SSSR count). The van der Waals surface area contributed by atoms with E-state index in [4.69, 9.17) is 33.3 Å². The van der Waals surface area contributed by atoms with Crippen LogP contribution in [0.4, 0.5) is 5.69 Å². The first-order chi connectivity index (χ1) is 12.0. The summed E-state index contributed by atoms with van der Waals surface area (Å²) in [5.74, 6) is 1.48. The molecule has 0 aromatic heterocycles. The Morgan fingerprint density at radius 1 is 1.08 bits per heavy atom. The molecule has 0 fully saturated rings. The first-order valence-corrected chi connectivity index (χ1v) is 9.05. The van der Waals surface area contributed by atoms with Crippen molar-refractivity contribution >= 4 is 34.6 Å². The summed E-state index contributed by atoms with van der Waals surface area (Å²) in [6.45, 7) is 7.11. The second kappa shape index (κ2) is 9.49. The molecule has 0 aliphatic carbocycles. The first-order valence-electron chi connectivity index (χ1n) is 8.26. The summed E-state index contributed by atoms with van der Waals surface area (Å²) in [4.78, 5) is 0. The van der Waals surface area contributed by atoms with Crippen LogP contribution in [-0.4, -0.2) is 18.3 Å². The van der Waals surface area contributed by atoms with E-state index in [1.165, 1.54) is 0 Å². The molecule has 0 aliphatic heterocycles. The van der Waals surface area contributed by atoms with Crippen LogP contribution < -0.4 is 20.1 Å². The molecule has 0 heterocycles. The number of hydrogen-bond acceptors (Lipinski definition) is 3. The van der Waals surface area contributed by atoms with E-state index in [2.05, 4.69) is 10.6 Å². The summed E-state index contributed by atoms with van der Waals surface area (Å²) >= 11 is 11.5. The van der Waals surface area contributed by atoms with Crippen molar-refractivity contribution in [1.29, 1.82) is 0 Å². The summed E-state index contributed by atoms with van der Waals surface area (Å²) < 4.78 is 11.3. The molecule has 0 radical (unpaired) electrons. The maximum Gasteiger partial charge on any atom is 0.171 e. The summed E-state index contributed by atoms with van der Waals surface area (Å²) in [6, 6.07) is 13.4. The Hall–Kier alpha value is -1.98. The Morgan fingerprint density at radius 3 is 2.44 bits per heavy atom. The van der Waals surface area contributed by atoms with Gasteiger partial charge in [0.25, 0.3) is 0 Å². The molecule has 134 valence electrons. The first kappa shape index (κ1) is 19.3. The van der Waals surface area contributed by atoms with Crippen LogP contribution in [0.25, 0.3) is 0 Å². The molecular weight excluding hydrogens is 356 g/mol. The second-order valence-corrected chi connectivity index (χ2v) is 6.19. The Balaban J connectivity index is 2.06. The Kier molecular flexibility index (Phi) is 7.34. The molecule has 0 saturated heterocycles. The van der Waals surface area contributed by atoms with Crippen LogP contribution >= 0.6 is 23.8 Å². The maximum absolute atomic E-state index is 6.14. The summed E-state index contributed by atoms with van der Waals surface area (Å²) in [5, 5.41) is 7.50. The van der Waals surface area contributed by atoms with Crippen molar-refractivity contribution in [2.24, 2.45) is 0 Å². The number of rotatable bonds is 7. The zero-order valence-electron chi connectivity index (χ0n) is 14.6. The fraction of sp³-hybridized carbons (Fsp3) is 0.316. The third-order valence-electron chi connectivity index (χ3n) is 3.54. The number of halogens is 1. The van der Waals surface area contributed by atoms with Gasteiger partial charge in [-0.2, -0.15) is 0 Å². The topological polar surface area (TPSA) is 42.5 Å². The van der Waals surface area contributed by atoms with Crippen LogP contribution in [0.2, 0.25) is 5.02 Å². The number of benzene rings is 2. The number of anilines is 1. The molecule has 0 saturated carbocycles. The standard InChI is InChI=1S/C19H23ClN2O2S/c1-4-23-17-11-10-14(12-18(17)24-5-2)13(3)21-19(25)22-16-9-7-6-8-15(16)20/h6-13H,4-5H2,1-3H3,(H2,21,22,25). The van der Waals surface area contributed by atoms with E-state index < -0.39 is 0 Å². The normalized spacial score (nSPS) is 11.5. The van der Waals surface area contributed by atoms with Gasteiger partial charge in [-0.05, 0) is 62.8 Å². The smallest absolute Gasteiger partial charge is 0.171 e. The van der Waals surface area contributed by atoms with E-state index in [-0.39, 0.29) is 6.04 Å². The molecule has 1 unspecified atom stereocenters. The van der Waals surface area contributed by atoms with E-state index in [0.29, 0.717) is 23.3 Å². The minimum atomic E-state index is -0.00243. The predicted molar refractivity (Wildman–Crippen MR) is 108 cm³/mol. The van der Waals surface area contributed by atoms with Gasteiger partial charge in [0, 0.05) is 0 Å². The lowest BCUT2D eigenvalue weighted by atomic mass is 10.1. The van der Waals surface area contributed by atoms with Gasteiger partial charge < -0.3 is 20.1 Å². The van der Waals surface area contributed by atoms with E-state index in [0.717, 1.165) is 22.7 Å². The summed E-state index contributed by atoms with van der Waals surface area (Å²) in [7, 11) is 0. The highest BCUT2D eigenvalue weighted by Crippen LogP contribution is 2.30. The van der Waals surface area contributed by atoms with Crippen molar-refractivity contribution in [2.45, 2.75) is 26.8 Å². The van der Waals surface area contributed by atoms with Crippen LogP contribution in [0, 0.1) is 0 Å². The minimum absolute atomic E-state index is 0.00243. The SMILES string of the molecule is CCOc1ccc(C(C)NC(=S)Nc2ccccc2Cl)cc1OCC. The summed E-state index contributed by atoms with van der Waals surface area (Å²) in [5.41, 5.74) is 1.82. The quantitative estimate of drug-likeness (QED) is 0.649. The van der Waals surface area contributed by atoms with Crippen LogP contribution in [0.5, 0.6) is 11.5 Å². The van der Waals surface area contributed by atoms with E-state index >= 15 is 0 Å². The predicted octanol–water partition coefficient (Wildman–Crippen LogP) is 5.19. The maximum atomic E-state index is 6.14. The Labute approximate surface area is 159 Å². The number of thiocarbonyl (C=S) groups is 1. The molecule has 25 heavy (non-hydrogen) atoms. The summed E-state index contributed by atoms with van der Waals surface area (Å²) in [6.07, 6.45) is 0. The van der Waals surface area contributed by atoms with Crippen molar-refractivity contribution in [3.63, 3.8) is 0 Å². The fourth-order valence-corrected chi connectivity index (χ4v) is 2.81. The van der Waals surface area contributed by atoms with Crippen LogP contribution in [0.1, 0.15) is 32.4 Å². The molecule has 0 amide bonds. The van der Waals surface area contributed by atoms with Crippen LogP contribution in [0.15, 0.2) is 42.5 Å². The number of ether oxygens (including phenoxy) is 2. The molecule has 0 spiro atoms. The number of nitrogens with one attached hydrogen (secondary N) is 2. The molecule has 2 aromatic rings. The zero-order chi connectivity index (χ0) is 18.2. The van der Waals surface area contributed by atoms with Crippen LogP contribution in [-0.2, 0) is 0 Å². The number of hydrogen-bond donors (Lipinski definition) is 2. The Bertz CT molecular complexity index is 724. The lowest BCUT2D eigenvalue weighted by molar-refractivity contribution is 0.287. The minimum Gasteiger partial charge on any atom is -0.490 e. The molecule has 0 bridgehead atoms. The third kappa shape index (κ3) is 5.51. The number of para-hydroxylation sites is 1. The zero-order valence-corrected chi connectivity index (χ0v) is 16.2. The molecule has 1 atom stereocenters. The second-order valence-electron chi connectivity index (χ2n) is 5.37. The van der Waals surface area contributed by atoms with Gasteiger partial charge in [-0.15, -0.1) is 0 Å². The van der Waals surface area contributed by atoms with E-state index in [1.807, 2.05) is 63.2 Å². The van der Waals surface area contributed by atoms with Gasteiger partial charge in [-0.1, -0.05) is 29.8 Å². The largest absolute Gasteiger partial charge is 0.490 e. The van der Waals surface area contributed by atoms with Gasteiger partial charge in [0.1, 0.15) is 0 Å². The van der Waals surface area contributed by atoms with Crippen molar-refractivity contribution in [3.8, 4) is 11.5 Å². The molecule has 2 N–H and O–H groups in total. The third-order valence-corrected chi connectivity index (χ3v) is 4.09.